The van der Waals surface area contributed by atoms with Gasteiger partial charge in [-0.05, 0) is 30.9 Å². The fourth-order valence-electron chi connectivity index (χ4n) is 2.65. The molecule has 0 saturated carbocycles. The molecule has 22 heavy (non-hydrogen) atoms. The van der Waals surface area contributed by atoms with Crippen molar-refractivity contribution in [1.29, 1.82) is 0 Å². The number of nitrogens with zero attached hydrogens (tertiary/aromatic N) is 2. The summed E-state index contributed by atoms with van der Waals surface area (Å²) in [5.41, 5.74) is 0. The molecule has 2 atom stereocenters. The van der Waals surface area contributed by atoms with Crippen LogP contribution in [0.15, 0.2) is 29.0 Å². The monoisotopic (exact) mass is 320 g/mol. The van der Waals surface area contributed by atoms with Gasteiger partial charge in [-0.3, -0.25) is 4.79 Å². The number of amides is 1. The Morgan fingerprint density at radius 3 is 3.00 bits per heavy atom. The second kappa shape index (κ2) is 5.92. The normalized spacial score (nSPS) is 21.8. The predicted molar refractivity (Wildman–Crippen MR) is 80.7 cm³/mol. The van der Waals surface area contributed by atoms with E-state index in [-0.39, 0.29) is 5.91 Å². The number of carbonyl (C=O) groups is 2. The Kier molecular flexibility index (Phi) is 3.98. The Morgan fingerprint density at radius 2 is 2.32 bits per heavy atom. The molecule has 2 unspecified atom stereocenters. The smallest absolute Gasteiger partial charge is 0.326 e. The molecule has 1 fully saturated rings. The third-order valence-corrected chi connectivity index (χ3v) is 4.86. The van der Waals surface area contributed by atoms with E-state index in [1.54, 1.807) is 18.4 Å². The number of rotatable bonds is 3. The van der Waals surface area contributed by atoms with E-state index in [9.17, 15) is 14.7 Å². The number of piperidine rings is 1. The molecular weight excluding hydrogens is 304 g/mol. The molecule has 2 aromatic rings. The van der Waals surface area contributed by atoms with Crippen LogP contribution in [0.2, 0.25) is 0 Å². The molecule has 0 spiro atoms. The molecule has 1 aliphatic rings. The number of furan rings is 1. The van der Waals surface area contributed by atoms with Crippen molar-refractivity contribution in [3.8, 4) is 10.8 Å². The molecule has 2 aromatic heterocycles. The lowest BCUT2D eigenvalue weighted by atomic mass is 9.92. The van der Waals surface area contributed by atoms with Crippen molar-refractivity contribution in [2.45, 2.75) is 25.8 Å². The molecule has 1 saturated heterocycles. The maximum absolute atomic E-state index is 12.6. The van der Waals surface area contributed by atoms with E-state index in [2.05, 4.69) is 4.98 Å². The summed E-state index contributed by atoms with van der Waals surface area (Å²) in [6, 6.07) is 2.77. The highest BCUT2D eigenvalue weighted by Crippen LogP contribution is 2.29. The molecule has 1 N–H and O–H groups in total. The fourth-order valence-corrected chi connectivity index (χ4v) is 3.49. The molecule has 7 heteroatoms. The molecule has 116 valence electrons. The van der Waals surface area contributed by atoms with Crippen LogP contribution in [-0.4, -0.2) is 39.5 Å². The molecule has 0 bridgehead atoms. The van der Waals surface area contributed by atoms with E-state index >= 15 is 0 Å². The predicted octanol–water partition coefficient (Wildman–Crippen LogP) is 2.73. The molecule has 1 amide bonds. The lowest BCUT2D eigenvalue weighted by Crippen LogP contribution is -2.49. The second-order valence-electron chi connectivity index (χ2n) is 5.49. The Balaban J connectivity index is 1.82. The number of hydrogen-bond donors (Lipinski definition) is 1. The van der Waals surface area contributed by atoms with Crippen LogP contribution in [0.3, 0.4) is 0 Å². The van der Waals surface area contributed by atoms with Crippen molar-refractivity contribution in [1.82, 2.24) is 9.88 Å². The van der Waals surface area contributed by atoms with Gasteiger partial charge in [0.15, 0.2) is 10.8 Å². The first-order valence-corrected chi connectivity index (χ1v) is 7.91. The third-order valence-electron chi connectivity index (χ3n) is 3.86. The maximum Gasteiger partial charge on any atom is 0.326 e. The fraction of sp³-hybridized carbons (Fsp3) is 0.400. The van der Waals surface area contributed by atoms with Gasteiger partial charge in [0.05, 0.1) is 12.5 Å². The highest BCUT2D eigenvalue weighted by atomic mass is 32.1. The second-order valence-corrected chi connectivity index (χ2v) is 6.52. The first kappa shape index (κ1) is 14.8. The lowest BCUT2D eigenvalue weighted by molar-refractivity contribution is -0.144. The molecule has 1 aliphatic heterocycles. The summed E-state index contributed by atoms with van der Waals surface area (Å²) < 4.78 is 5.26. The average Bonchev–Trinajstić information content (AvgIpc) is 3.17. The van der Waals surface area contributed by atoms with Crippen molar-refractivity contribution >= 4 is 23.2 Å². The number of likely N-dealkylation sites (tertiary alicyclic amines) is 1. The van der Waals surface area contributed by atoms with Gasteiger partial charge in [-0.1, -0.05) is 6.92 Å². The average molecular weight is 320 g/mol. The van der Waals surface area contributed by atoms with Gasteiger partial charge in [-0.15, -0.1) is 11.3 Å². The Bertz CT molecular complexity index is 680. The van der Waals surface area contributed by atoms with Crippen LogP contribution in [0, 0.1) is 5.92 Å². The van der Waals surface area contributed by atoms with Crippen LogP contribution < -0.4 is 0 Å². The molecule has 0 radical (unpaired) electrons. The largest absolute Gasteiger partial charge is 0.480 e. The van der Waals surface area contributed by atoms with Crippen molar-refractivity contribution in [2.24, 2.45) is 5.92 Å². The first-order valence-electron chi connectivity index (χ1n) is 7.09. The van der Waals surface area contributed by atoms with Gasteiger partial charge in [0, 0.05) is 6.54 Å². The van der Waals surface area contributed by atoms with Crippen LogP contribution in [-0.2, 0) is 4.79 Å². The molecule has 3 rings (SSSR count). The minimum Gasteiger partial charge on any atom is -0.480 e. The zero-order valence-corrected chi connectivity index (χ0v) is 12.9. The minimum absolute atomic E-state index is 0.269. The van der Waals surface area contributed by atoms with Gasteiger partial charge in [0.2, 0.25) is 0 Å². The Hall–Kier alpha value is -2.15. The number of carbonyl (C=O) groups excluding carboxylic acids is 1. The number of aliphatic carboxylic acids is 1. The van der Waals surface area contributed by atoms with Crippen LogP contribution >= 0.6 is 11.3 Å². The zero-order valence-electron chi connectivity index (χ0n) is 12.1. The van der Waals surface area contributed by atoms with Crippen molar-refractivity contribution in [3.63, 3.8) is 0 Å². The Morgan fingerprint density at radius 1 is 1.50 bits per heavy atom. The van der Waals surface area contributed by atoms with E-state index < -0.39 is 12.0 Å². The van der Waals surface area contributed by atoms with Gasteiger partial charge >= 0.3 is 5.97 Å². The summed E-state index contributed by atoms with van der Waals surface area (Å²) in [7, 11) is 0. The quantitative estimate of drug-likeness (QED) is 0.940. The van der Waals surface area contributed by atoms with Gasteiger partial charge in [-0.25, -0.2) is 9.78 Å². The van der Waals surface area contributed by atoms with Crippen LogP contribution in [0.25, 0.3) is 10.8 Å². The highest BCUT2D eigenvalue weighted by molar-refractivity contribution is 7.16. The molecular formula is C15H16N2O4S. The van der Waals surface area contributed by atoms with Crippen molar-refractivity contribution < 1.29 is 19.1 Å². The summed E-state index contributed by atoms with van der Waals surface area (Å²) in [5, 5.41) is 9.97. The van der Waals surface area contributed by atoms with Gasteiger partial charge in [0.1, 0.15) is 10.9 Å². The highest BCUT2D eigenvalue weighted by Gasteiger charge is 2.35. The van der Waals surface area contributed by atoms with Gasteiger partial charge < -0.3 is 14.4 Å². The molecule has 6 nitrogen and oxygen atoms in total. The number of hydrogen-bond acceptors (Lipinski definition) is 5. The van der Waals surface area contributed by atoms with Crippen LogP contribution in [0.1, 0.15) is 29.4 Å². The summed E-state index contributed by atoms with van der Waals surface area (Å²) in [6.07, 6.45) is 4.34. The van der Waals surface area contributed by atoms with Crippen molar-refractivity contribution in [3.05, 3.63) is 29.5 Å². The first-order chi connectivity index (χ1) is 10.6. The lowest BCUT2D eigenvalue weighted by Gasteiger charge is -2.35. The molecule has 0 aliphatic carbocycles. The summed E-state index contributed by atoms with van der Waals surface area (Å²) >= 11 is 1.22. The number of carboxylic acids is 1. The van der Waals surface area contributed by atoms with E-state index in [1.807, 2.05) is 6.92 Å². The minimum atomic E-state index is -0.948. The number of carboxylic acid groups (broad SMARTS) is 1. The van der Waals surface area contributed by atoms with E-state index in [1.165, 1.54) is 22.4 Å². The number of thiazole rings is 1. The standard InChI is InChI=1S/C15H16N2O4S/c1-9-4-5-17(10(7-9)15(19)20)14(18)12-8-16-13(22-12)11-3-2-6-21-11/h2-3,6,8-10H,4-5,7H2,1H3,(H,19,20). The van der Waals surface area contributed by atoms with Crippen LogP contribution in [0.4, 0.5) is 0 Å². The van der Waals surface area contributed by atoms with Gasteiger partial charge in [-0.2, -0.15) is 0 Å². The zero-order chi connectivity index (χ0) is 15.7. The topological polar surface area (TPSA) is 83.6 Å². The summed E-state index contributed by atoms with van der Waals surface area (Å²) in [4.78, 5) is 30.1. The SMILES string of the molecule is CC1CCN(C(=O)c2cnc(-c3ccco3)s2)C(C(=O)O)C1. The Labute approximate surface area is 131 Å². The van der Waals surface area contributed by atoms with Crippen LogP contribution in [0.5, 0.6) is 0 Å². The van der Waals surface area contributed by atoms with Gasteiger partial charge in [0.25, 0.3) is 5.91 Å². The molecule has 0 aromatic carbocycles. The van der Waals surface area contributed by atoms with E-state index in [4.69, 9.17) is 4.42 Å². The maximum atomic E-state index is 12.6. The molecule has 3 heterocycles. The summed E-state index contributed by atoms with van der Waals surface area (Å²) in [5.74, 6) is -0.304. The summed E-state index contributed by atoms with van der Waals surface area (Å²) in [6.45, 7) is 2.48. The van der Waals surface area contributed by atoms with E-state index in [0.717, 1.165) is 6.42 Å². The number of aromatic nitrogens is 1. The third kappa shape index (κ3) is 2.76. The van der Waals surface area contributed by atoms with E-state index in [0.29, 0.717) is 34.5 Å². The van der Waals surface area contributed by atoms with Crippen molar-refractivity contribution in [2.75, 3.05) is 6.54 Å².